The van der Waals surface area contributed by atoms with E-state index in [1.165, 1.54) is 0 Å². The van der Waals surface area contributed by atoms with E-state index in [4.69, 9.17) is 9.47 Å². The summed E-state index contributed by atoms with van der Waals surface area (Å²) < 4.78 is 9.81. The Morgan fingerprint density at radius 3 is 2.66 bits per heavy atom. The lowest BCUT2D eigenvalue weighted by Crippen LogP contribution is -2.54. The van der Waals surface area contributed by atoms with E-state index in [1.54, 1.807) is 55.0 Å². The fourth-order valence-corrected chi connectivity index (χ4v) is 8.10. The molecule has 3 fully saturated rings. The largest absolute Gasteiger partial charge is 0.497 e. The lowest BCUT2D eigenvalue weighted by atomic mass is 9.66. The number of carbonyl (C=O) groups excluding carboxylic acids is 3. The second-order valence-electron chi connectivity index (χ2n) is 8.63. The molecule has 1 aromatic carbocycles. The average Bonchev–Trinajstić information content (AvgIpc) is 3.36. The maximum Gasteiger partial charge on any atom is 0.310 e. The molecular weight excluding hydrogens is 432 g/mol. The Morgan fingerprint density at radius 2 is 2.03 bits per heavy atom. The standard InChI is InChI=1S/C23H30N2O6S/c1-4-31-22(29)17-16-12-13(2)23(32-16)18(17)21(28)25(10-5-11-26)19(23)20(27)24-14-6-8-15(30-3)9-7-14/h6-9,13,16-19,26H,4-5,10-12H2,1-3H3,(H,24,27)/t13?,16-,17+,18-,19?,23?/m0/s1. The van der Waals surface area contributed by atoms with E-state index in [1.807, 2.05) is 0 Å². The van der Waals surface area contributed by atoms with E-state index in [0.29, 0.717) is 17.9 Å². The molecule has 3 aliphatic heterocycles. The number of amides is 2. The van der Waals surface area contributed by atoms with Crippen LogP contribution in [-0.2, 0) is 19.1 Å². The van der Waals surface area contributed by atoms with Gasteiger partial charge in [-0.1, -0.05) is 6.92 Å². The summed E-state index contributed by atoms with van der Waals surface area (Å²) in [6, 6.07) is 6.30. The number of benzene rings is 1. The third-order valence-electron chi connectivity index (χ3n) is 6.97. The zero-order valence-electron chi connectivity index (χ0n) is 18.6. The third kappa shape index (κ3) is 3.46. The van der Waals surface area contributed by atoms with Crippen LogP contribution in [-0.4, -0.2) is 70.7 Å². The highest BCUT2D eigenvalue weighted by atomic mass is 32.2. The Balaban J connectivity index is 1.69. The van der Waals surface area contributed by atoms with Gasteiger partial charge < -0.3 is 24.8 Å². The molecule has 9 heteroatoms. The zero-order chi connectivity index (χ0) is 23.0. The van der Waals surface area contributed by atoms with Gasteiger partial charge in [0.15, 0.2) is 0 Å². The van der Waals surface area contributed by atoms with Crippen molar-refractivity contribution in [2.45, 2.75) is 42.7 Å². The van der Waals surface area contributed by atoms with E-state index in [0.717, 1.165) is 6.42 Å². The Bertz CT molecular complexity index is 893. The minimum Gasteiger partial charge on any atom is -0.497 e. The average molecular weight is 463 g/mol. The highest BCUT2D eigenvalue weighted by Gasteiger charge is 2.76. The molecule has 0 radical (unpaired) electrons. The topological polar surface area (TPSA) is 105 Å². The number of esters is 1. The van der Waals surface area contributed by atoms with E-state index >= 15 is 0 Å². The fourth-order valence-electron chi connectivity index (χ4n) is 5.69. The lowest BCUT2D eigenvalue weighted by Gasteiger charge is -2.38. The number of aliphatic hydroxyl groups excluding tert-OH is 1. The van der Waals surface area contributed by atoms with E-state index in [9.17, 15) is 19.5 Å². The van der Waals surface area contributed by atoms with Crippen molar-refractivity contribution in [3.63, 3.8) is 0 Å². The van der Waals surface area contributed by atoms with Crippen LogP contribution in [0.1, 0.15) is 26.7 Å². The molecule has 4 rings (SSSR count). The molecule has 0 saturated carbocycles. The van der Waals surface area contributed by atoms with Crippen molar-refractivity contribution < 1.29 is 29.0 Å². The summed E-state index contributed by atoms with van der Waals surface area (Å²) in [5, 5.41) is 12.3. The summed E-state index contributed by atoms with van der Waals surface area (Å²) in [7, 11) is 1.57. The van der Waals surface area contributed by atoms with Gasteiger partial charge in [0.1, 0.15) is 11.8 Å². The second-order valence-corrected chi connectivity index (χ2v) is 10.2. The molecule has 0 aromatic heterocycles. The van der Waals surface area contributed by atoms with E-state index in [2.05, 4.69) is 12.2 Å². The van der Waals surface area contributed by atoms with Gasteiger partial charge in [-0.25, -0.2) is 0 Å². The van der Waals surface area contributed by atoms with Crippen LogP contribution in [0.3, 0.4) is 0 Å². The number of methoxy groups -OCH3 is 1. The van der Waals surface area contributed by atoms with E-state index in [-0.39, 0.29) is 48.7 Å². The van der Waals surface area contributed by atoms with Gasteiger partial charge in [-0.2, -0.15) is 0 Å². The molecule has 2 N–H and O–H groups in total. The van der Waals surface area contributed by atoms with Crippen LogP contribution >= 0.6 is 11.8 Å². The summed E-state index contributed by atoms with van der Waals surface area (Å²) in [5.74, 6) is -1.18. The van der Waals surface area contributed by atoms with Gasteiger partial charge in [0.2, 0.25) is 11.8 Å². The first-order chi connectivity index (χ1) is 15.4. The van der Waals surface area contributed by atoms with Crippen molar-refractivity contribution in [2.75, 3.05) is 32.2 Å². The van der Waals surface area contributed by atoms with Gasteiger partial charge >= 0.3 is 5.97 Å². The summed E-state index contributed by atoms with van der Waals surface area (Å²) in [4.78, 5) is 41.6. The Hall–Kier alpha value is -2.26. The zero-order valence-corrected chi connectivity index (χ0v) is 19.4. The summed E-state index contributed by atoms with van der Waals surface area (Å²) >= 11 is 1.61. The van der Waals surface area contributed by atoms with Gasteiger partial charge in [0.05, 0.1) is 30.3 Å². The van der Waals surface area contributed by atoms with Crippen molar-refractivity contribution in [1.29, 1.82) is 0 Å². The van der Waals surface area contributed by atoms with Gasteiger partial charge in [0, 0.05) is 24.1 Å². The molecule has 2 bridgehead atoms. The normalized spacial score (nSPS) is 32.7. The number of nitrogens with zero attached hydrogens (tertiary/aromatic N) is 1. The molecule has 2 amide bonds. The molecule has 6 atom stereocenters. The minimum absolute atomic E-state index is 0.0331. The van der Waals surface area contributed by atoms with Crippen LogP contribution in [0.2, 0.25) is 0 Å². The highest BCUT2D eigenvalue weighted by molar-refractivity contribution is 8.02. The fraction of sp³-hybridized carbons (Fsp3) is 0.609. The van der Waals surface area contributed by atoms with Crippen LogP contribution in [0, 0.1) is 17.8 Å². The molecule has 3 aliphatic rings. The van der Waals surface area contributed by atoms with Gasteiger partial charge in [-0.3, -0.25) is 14.4 Å². The van der Waals surface area contributed by atoms with Gasteiger partial charge in [-0.15, -0.1) is 11.8 Å². The number of hydrogen-bond donors (Lipinski definition) is 2. The maximum absolute atomic E-state index is 13.6. The summed E-state index contributed by atoms with van der Waals surface area (Å²) in [6.45, 7) is 4.26. The molecule has 3 unspecified atom stereocenters. The van der Waals surface area contributed by atoms with Gasteiger partial charge in [-0.05, 0) is 49.9 Å². The molecule has 32 heavy (non-hydrogen) atoms. The number of ether oxygens (including phenoxy) is 2. The molecule has 3 saturated heterocycles. The molecular formula is C23H30N2O6S. The first-order valence-electron chi connectivity index (χ1n) is 11.1. The number of nitrogens with one attached hydrogen (secondary N) is 1. The quantitative estimate of drug-likeness (QED) is 0.569. The number of aliphatic hydroxyl groups is 1. The smallest absolute Gasteiger partial charge is 0.310 e. The summed E-state index contributed by atoms with van der Waals surface area (Å²) in [5.41, 5.74) is 0.609. The Kier molecular flexibility index (Phi) is 6.40. The van der Waals surface area contributed by atoms with Crippen molar-refractivity contribution >= 4 is 35.2 Å². The SMILES string of the molecule is CCOC(=O)[C@@H]1[C@@H]2CC(C)C3(S2)C(C(=O)Nc2ccc(OC)cc2)N(CCCO)C(=O)[C@H]13. The first-order valence-corrected chi connectivity index (χ1v) is 12.0. The number of thioether (sulfide) groups is 1. The minimum atomic E-state index is -0.724. The van der Waals surface area contributed by atoms with Crippen LogP contribution in [0.4, 0.5) is 5.69 Å². The van der Waals surface area contributed by atoms with Crippen LogP contribution in [0.25, 0.3) is 0 Å². The molecule has 1 aromatic rings. The predicted molar refractivity (Wildman–Crippen MR) is 120 cm³/mol. The van der Waals surface area contributed by atoms with Crippen molar-refractivity contribution in [3.05, 3.63) is 24.3 Å². The predicted octanol–water partition coefficient (Wildman–Crippen LogP) is 1.92. The number of carbonyl (C=O) groups is 3. The Labute approximate surface area is 192 Å². The number of anilines is 1. The highest BCUT2D eigenvalue weighted by Crippen LogP contribution is 2.68. The molecule has 0 aliphatic carbocycles. The first kappa shape index (κ1) is 22.9. The molecule has 1 spiro atoms. The lowest BCUT2D eigenvalue weighted by molar-refractivity contribution is -0.154. The number of rotatable bonds is 8. The maximum atomic E-state index is 13.6. The van der Waals surface area contributed by atoms with Crippen molar-refractivity contribution in [1.82, 2.24) is 4.90 Å². The number of fused-ring (bicyclic) bond motifs is 1. The number of hydrogen-bond acceptors (Lipinski definition) is 7. The third-order valence-corrected chi connectivity index (χ3v) is 9.04. The van der Waals surface area contributed by atoms with Crippen LogP contribution in [0.15, 0.2) is 24.3 Å². The van der Waals surface area contributed by atoms with Crippen molar-refractivity contribution in [3.8, 4) is 5.75 Å². The second kappa shape index (κ2) is 8.94. The van der Waals surface area contributed by atoms with E-state index < -0.39 is 22.6 Å². The van der Waals surface area contributed by atoms with Gasteiger partial charge in [0.25, 0.3) is 0 Å². The Morgan fingerprint density at radius 1 is 1.31 bits per heavy atom. The molecule has 8 nitrogen and oxygen atoms in total. The summed E-state index contributed by atoms with van der Waals surface area (Å²) in [6.07, 6.45) is 1.13. The van der Waals surface area contributed by atoms with Crippen molar-refractivity contribution in [2.24, 2.45) is 17.8 Å². The molecule has 3 heterocycles. The monoisotopic (exact) mass is 462 g/mol. The van der Waals surface area contributed by atoms with Crippen LogP contribution < -0.4 is 10.1 Å². The molecule has 174 valence electrons. The van der Waals surface area contributed by atoms with Crippen LogP contribution in [0.5, 0.6) is 5.75 Å². The number of likely N-dealkylation sites (tertiary alicyclic amines) is 1.